The molecule has 0 spiro atoms. The number of thiophene rings is 1. The zero-order valence-corrected chi connectivity index (χ0v) is 14.5. The third-order valence-electron chi connectivity index (χ3n) is 3.98. The van der Waals surface area contributed by atoms with Gasteiger partial charge in [-0.2, -0.15) is 0 Å². The van der Waals surface area contributed by atoms with E-state index in [2.05, 4.69) is 44.0 Å². The van der Waals surface area contributed by atoms with Crippen LogP contribution in [0.4, 0.5) is 5.13 Å². The van der Waals surface area contributed by atoms with E-state index >= 15 is 0 Å². The molecule has 0 radical (unpaired) electrons. The molecule has 3 heterocycles. The SMILES string of the molecule is CC1c2ccsc2CCN1c1nc(C(C)(C)C)c(C=O)s1. The summed E-state index contributed by atoms with van der Waals surface area (Å²) in [6.07, 6.45) is 2.02. The van der Waals surface area contributed by atoms with E-state index in [4.69, 9.17) is 4.98 Å². The standard InChI is InChI=1S/C16H20N2OS2/c1-10-11-6-8-20-12(11)5-7-18(10)15-17-14(16(2,3)4)13(9-19)21-15/h6,8-10H,5,7H2,1-4H3. The molecular weight excluding hydrogens is 300 g/mol. The molecule has 5 heteroatoms. The summed E-state index contributed by atoms with van der Waals surface area (Å²) in [6, 6.07) is 2.55. The molecule has 0 N–H and O–H groups in total. The van der Waals surface area contributed by atoms with Crippen molar-refractivity contribution in [3.63, 3.8) is 0 Å². The van der Waals surface area contributed by atoms with Crippen molar-refractivity contribution < 1.29 is 4.79 Å². The Bertz CT molecular complexity index is 666. The van der Waals surface area contributed by atoms with Gasteiger partial charge >= 0.3 is 0 Å². The van der Waals surface area contributed by atoms with Gasteiger partial charge in [0.15, 0.2) is 11.4 Å². The van der Waals surface area contributed by atoms with E-state index in [0.29, 0.717) is 6.04 Å². The predicted molar refractivity (Wildman–Crippen MR) is 90.0 cm³/mol. The summed E-state index contributed by atoms with van der Waals surface area (Å²) in [5.74, 6) is 0. The van der Waals surface area contributed by atoms with Gasteiger partial charge in [-0.05, 0) is 30.4 Å². The number of carbonyl (C=O) groups is 1. The van der Waals surface area contributed by atoms with Gasteiger partial charge in [-0.15, -0.1) is 11.3 Å². The van der Waals surface area contributed by atoms with E-state index in [0.717, 1.165) is 35.0 Å². The van der Waals surface area contributed by atoms with Gasteiger partial charge in [-0.1, -0.05) is 32.1 Å². The Labute approximate surface area is 133 Å². The van der Waals surface area contributed by atoms with Crippen molar-refractivity contribution in [1.29, 1.82) is 0 Å². The van der Waals surface area contributed by atoms with Gasteiger partial charge in [-0.25, -0.2) is 4.98 Å². The Morgan fingerprint density at radius 2 is 2.19 bits per heavy atom. The molecule has 0 fully saturated rings. The van der Waals surface area contributed by atoms with Gasteiger partial charge in [-0.3, -0.25) is 4.79 Å². The van der Waals surface area contributed by atoms with Crippen molar-refractivity contribution in [2.45, 2.75) is 45.6 Å². The van der Waals surface area contributed by atoms with E-state index < -0.39 is 0 Å². The molecule has 0 aliphatic carbocycles. The first-order valence-electron chi connectivity index (χ1n) is 7.21. The number of hydrogen-bond acceptors (Lipinski definition) is 5. The molecule has 0 saturated heterocycles. The summed E-state index contributed by atoms with van der Waals surface area (Å²) < 4.78 is 0. The molecule has 3 nitrogen and oxygen atoms in total. The maximum Gasteiger partial charge on any atom is 0.186 e. The van der Waals surface area contributed by atoms with Crippen molar-refractivity contribution in [2.75, 3.05) is 11.4 Å². The first-order valence-corrected chi connectivity index (χ1v) is 8.91. The van der Waals surface area contributed by atoms with Crippen LogP contribution in [0.2, 0.25) is 0 Å². The molecule has 1 unspecified atom stereocenters. The lowest BCUT2D eigenvalue weighted by molar-refractivity contribution is 0.112. The highest BCUT2D eigenvalue weighted by Gasteiger charge is 2.30. The number of aldehydes is 1. The number of carbonyl (C=O) groups excluding carboxylic acids is 1. The normalized spacial score (nSPS) is 18.7. The summed E-state index contributed by atoms with van der Waals surface area (Å²) in [5.41, 5.74) is 2.23. The lowest BCUT2D eigenvalue weighted by Crippen LogP contribution is -2.33. The molecular formula is C16H20N2OS2. The summed E-state index contributed by atoms with van der Waals surface area (Å²) in [7, 11) is 0. The van der Waals surface area contributed by atoms with E-state index in [1.807, 2.05) is 11.3 Å². The second-order valence-corrected chi connectivity index (χ2v) is 8.51. The van der Waals surface area contributed by atoms with Crippen molar-refractivity contribution >= 4 is 34.1 Å². The Morgan fingerprint density at radius 1 is 1.43 bits per heavy atom. The van der Waals surface area contributed by atoms with Crippen LogP contribution >= 0.6 is 22.7 Å². The first kappa shape index (κ1) is 14.7. The van der Waals surface area contributed by atoms with Gasteiger partial charge < -0.3 is 4.90 Å². The van der Waals surface area contributed by atoms with Crippen LogP contribution in [-0.2, 0) is 11.8 Å². The Balaban J connectivity index is 1.99. The molecule has 2 aromatic heterocycles. The zero-order valence-electron chi connectivity index (χ0n) is 12.8. The zero-order chi connectivity index (χ0) is 15.2. The van der Waals surface area contributed by atoms with Crippen LogP contribution in [0.3, 0.4) is 0 Å². The minimum absolute atomic E-state index is 0.0996. The lowest BCUT2D eigenvalue weighted by atomic mass is 9.91. The predicted octanol–water partition coefficient (Wildman–Crippen LogP) is 4.44. The number of nitrogens with zero attached hydrogens (tertiary/aromatic N) is 2. The van der Waals surface area contributed by atoms with Crippen LogP contribution in [0.15, 0.2) is 11.4 Å². The second kappa shape index (κ2) is 5.21. The molecule has 0 saturated carbocycles. The van der Waals surface area contributed by atoms with Crippen LogP contribution in [0, 0.1) is 0 Å². The van der Waals surface area contributed by atoms with Crippen LogP contribution in [0.5, 0.6) is 0 Å². The van der Waals surface area contributed by atoms with E-state index in [-0.39, 0.29) is 5.41 Å². The van der Waals surface area contributed by atoms with Gasteiger partial charge in [0.25, 0.3) is 0 Å². The molecule has 21 heavy (non-hydrogen) atoms. The largest absolute Gasteiger partial charge is 0.341 e. The number of hydrogen-bond donors (Lipinski definition) is 0. The highest BCUT2D eigenvalue weighted by molar-refractivity contribution is 7.17. The molecule has 1 aliphatic rings. The molecule has 1 atom stereocenters. The van der Waals surface area contributed by atoms with Crippen LogP contribution in [-0.4, -0.2) is 17.8 Å². The lowest BCUT2D eigenvalue weighted by Gasteiger charge is -2.33. The van der Waals surface area contributed by atoms with E-state index in [1.165, 1.54) is 21.8 Å². The van der Waals surface area contributed by atoms with Crippen molar-refractivity contribution in [1.82, 2.24) is 4.98 Å². The van der Waals surface area contributed by atoms with Gasteiger partial charge in [0.05, 0.1) is 16.6 Å². The van der Waals surface area contributed by atoms with Crippen molar-refractivity contribution in [2.24, 2.45) is 0 Å². The van der Waals surface area contributed by atoms with Gasteiger partial charge in [0.1, 0.15) is 0 Å². The number of thiazole rings is 1. The molecule has 1 aliphatic heterocycles. The van der Waals surface area contributed by atoms with Crippen molar-refractivity contribution in [3.05, 3.63) is 32.5 Å². The fourth-order valence-electron chi connectivity index (χ4n) is 2.83. The topological polar surface area (TPSA) is 33.2 Å². The second-order valence-electron chi connectivity index (χ2n) is 6.50. The molecule has 0 bridgehead atoms. The van der Waals surface area contributed by atoms with E-state index in [9.17, 15) is 4.79 Å². The van der Waals surface area contributed by atoms with Crippen LogP contribution in [0.25, 0.3) is 0 Å². The average Bonchev–Trinajstić information content (AvgIpc) is 3.04. The van der Waals surface area contributed by atoms with Gasteiger partial charge in [0, 0.05) is 16.8 Å². The Hall–Kier alpha value is -1.20. The number of aromatic nitrogens is 1. The number of anilines is 1. The highest BCUT2D eigenvalue weighted by atomic mass is 32.1. The minimum Gasteiger partial charge on any atom is -0.341 e. The molecule has 0 aromatic carbocycles. The Morgan fingerprint density at radius 3 is 2.81 bits per heavy atom. The average molecular weight is 320 g/mol. The monoisotopic (exact) mass is 320 g/mol. The van der Waals surface area contributed by atoms with E-state index in [1.54, 1.807) is 0 Å². The molecule has 112 valence electrons. The fourth-order valence-corrected chi connectivity index (χ4v) is 4.99. The third-order valence-corrected chi connectivity index (χ3v) is 6.00. The molecule has 2 aromatic rings. The molecule has 0 amide bonds. The maximum absolute atomic E-state index is 11.4. The minimum atomic E-state index is -0.0996. The van der Waals surface area contributed by atoms with Gasteiger partial charge in [0.2, 0.25) is 0 Å². The summed E-state index contributed by atoms with van der Waals surface area (Å²) in [4.78, 5) is 20.8. The number of rotatable bonds is 2. The van der Waals surface area contributed by atoms with Crippen LogP contribution in [0.1, 0.15) is 59.5 Å². The molecule has 3 rings (SSSR count). The summed E-state index contributed by atoms with van der Waals surface area (Å²) >= 11 is 3.37. The summed E-state index contributed by atoms with van der Waals surface area (Å²) in [5, 5.41) is 3.15. The van der Waals surface area contributed by atoms with Crippen molar-refractivity contribution in [3.8, 4) is 0 Å². The smallest absolute Gasteiger partial charge is 0.186 e. The maximum atomic E-state index is 11.4. The third kappa shape index (κ3) is 2.53. The quantitative estimate of drug-likeness (QED) is 0.767. The fraction of sp³-hybridized carbons (Fsp3) is 0.500. The summed E-state index contributed by atoms with van der Waals surface area (Å²) in [6.45, 7) is 9.52. The first-order chi connectivity index (χ1) is 9.91. The Kier molecular flexibility index (Phi) is 3.66. The number of fused-ring (bicyclic) bond motifs is 1. The van der Waals surface area contributed by atoms with Crippen LogP contribution < -0.4 is 4.90 Å². The highest BCUT2D eigenvalue weighted by Crippen LogP contribution is 2.40.